The molecule has 3 unspecified atom stereocenters. The molecule has 1 aliphatic rings. The Bertz CT molecular complexity index is 193. The van der Waals surface area contributed by atoms with Crippen LogP contribution in [0.25, 0.3) is 0 Å². The summed E-state index contributed by atoms with van der Waals surface area (Å²) in [6.07, 6.45) is 1.000. The van der Waals surface area contributed by atoms with Crippen LogP contribution in [-0.2, 0) is 14.3 Å². The van der Waals surface area contributed by atoms with E-state index in [0.717, 1.165) is 12.6 Å². The number of rotatable bonds is 3. The first-order chi connectivity index (χ1) is 6.19. The lowest BCUT2D eigenvalue weighted by molar-refractivity contribution is -0.137. The van der Waals surface area contributed by atoms with Crippen LogP contribution in [0.5, 0.6) is 0 Å². The van der Waals surface area contributed by atoms with Gasteiger partial charge in [-0.3, -0.25) is 0 Å². The largest absolute Gasteiger partial charge is 0.364 e. The standard InChI is InChI=1S/C9H15NO3/c1-6(2)9-8(5-12)10-3-7(4-11)13-9/h4-10H,3H2,1-2H3. The van der Waals surface area contributed by atoms with Crippen LogP contribution in [-0.4, -0.2) is 37.4 Å². The van der Waals surface area contributed by atoms with E-state index in [1.165, 1.54) is 0 Å². The summed E-state index contributed by atoms with van der Waals surface area (Å²) in [5.74, 6) is 0.227. The van der Waals surface area contributed by atoms with Crippen molar-refractivity contribution in [3.63, 3.8) is 0 Å². The zero-order chi connectivity index (χ0) is 9.84. The van der Waals surface area contributed by atoms with Gasteiger partial charge in [0.15, 0.2) is 0 Å². The van der Waals surface area contributed by atoms with Crippen LogP contribution in [0.3, 0.4) is 0 Å². The molecule has 13 heavy (non-hydrogen) atoms. The van der Waals surface area contributed by atoms with Crippen molar-refractivity contribution in [1.82, 2.24) is 5.32 Å². The Morgan fingerprint density at radius 2 is 2.08 bits per heavy atom. The SMILES string of the molecule is CC(C)C1OC(C=O)CNC1C=O. The topological polar surface area (TPSA) is 55.4 Å². The number of carbonyl (C=O) groups is 2. The minimum atomic E-state index is -0.413. The van der Waals surface area contributed by atoms with E-state index in [2.05, 4.69) is 5.32 Å². The molecule has 0 aromatic rings. The number of hydrogen-bond acceptors (Lipinski definition) is 4. The van der Waals surface area contributed by atoms with Crippen molar-refractivity contribution in [3.05, 3.63) is 0 Å². The van der Waals surface area contributed by atoms with Gasteiger partial charge in [-0.25, -0.2) is 0 Å². The quantitative estimate of drug-likeness (QED) is 0.617. The Labute approximate surface area is 77.6 Å². The maximum absolute atomic E-state index is 10.6. The summed E-state index contributed by atoms with van der Waals surface area (Å²) in [4.78, 5) is 21.1. The van der Waals surface area contributed by atoms with Gasteiger partial charge in [-0.15, -0.1) is 0 Å². The molecule has 4 nitrogen and oxygen atoms in total. The lowest BCUT2D eigenvalue weighted by Gasteiger charge is -2.35. The van der Waals surface area contributed by atoms with E-state index in [1.54, 1.807) is 0 Å². The Morgan fingerprint density at radius 1 is 1.38 bits per heavy atom. The first-order valence-corrected chi connectivity index (χ1v) is 4.48. The molecule has 0 bridgehead atoms. The number of morpholine rings is 1. The summed E-state index contributed by atoms with van der Waals surface area (Å²) < 4.78 is 5.44. The average molecular weight is 185 g/mol. The molecule has 1 aliphatic heterocycles. The highest BCUT2D eigenvalue weighted by atomic mass is 16.5. The minimum Gasteiger partial charge on any atom is -0.364 e. The Balaban J connectivity index is 2.62. The number of ether oxygens (including phenoxy) is 1. The van der Waals surface area contributed by atoms with E-state index in [9.17, 15) is 9.59 Å². The molecule has 1 fully saturated rings. The third kappa shape index (κ3) is 2.35. The third-order valence-electron chi connectivity index (χ3n) is 2.20. The minimum absolute atomic E-state index is 0.193. The van der Waals surface area contributed by atoms with Gasteiger partial charge in [0, 0.05) is 6.54 Å². The number of aldehydes is 2. The van der Waals surface area contributed by atoms with E-state index >= 15 is 0 Å². The van der Waals surface area contributed by atoms with Gasteiger partial charge in [0.1, 0.15) is 18.7 Å². The van der Waals surface area contributed by atoms with Crippen molar-refractivity contribution in [1.29, 1.82) is 0 Å². The fourth-order valence-electron chi connectivity index (χ4n) is 1.48. The second-order valence-corrected chi connectivity index (χ2v) is 3.59. The van der Waals surface area contributed by atoms with Gasteiger partial charge >= 0.3 is 0 Å². The zero-order valence-electron chi connectivity index (χ0n) is 7.90. The van der Waals surface area contributed by atoms with E-state index < -0.39 is 6.10 Å². The van der Waals surface area contributed by atoms with Gasteiger partial charge in [-0.1, -0.05) is 13.8 Å². The maximum atomic E-state index is 10.6. The lowest BCUT2D eigenvalue weighted by atomic mass is 9.98. The zero-order valence-corrected chi connectivity index (χ0v) is 7.90. The summed E-state index contributed by atoms with van der Waals surface area (Å²) in [6.45, 7) is 4.36. The molecule has 74 valence electrons. The lowest BCUT2D eigenvalue weighted by Crippen LogP contribution is -2.55. The second-order valence-electron chi connectivity index (χ2n) is 3.59. The molecule has 0 aliphatic carbocycles. The molecule has 1 saturated heterocycles. The fourth-order valence-corrected chi connectivity index (χ4v) is 1.48. The predicted molar refractivity (Wildman–Crippen MR) is 47.4 cm³/mol. The maximum Gasteiger partial charge on any atom is 0.150 e. The van der Waals surface area contributed by atoms with Gasteiger partial charge in [-0.05, 0) is 5.92 Å². The van der Waals surface area contributed by atoms with Crippen molar-refractivity contribution >= 4 is 12.6 Å². The molecular weight excluding hydrogens is 170 g/mol. The van der Waals surface area contributed by atoms with E-state index in [4.69, 9.17) is 4.74 Å². The van der Waals surface area contributed by atoms with Crippen LogP contribution in [0, 0.1) is 5.92 Å². The molecule has 0 aromatic carbocycles. The first-order valence-electron chi connectivity index (χ1n) is 4.48. The van der Waals surface area contributed by atoms with E-state index in [-0.39, 0.29) is 18.1 Å². The van der Waals surface area contributed by atoms with Gasteiger partial charge in [0.25, 0.3) is 0 Å². The normalized spacial score (nSPS) is 34.5. The van der Waals surface area contributed by atoms with Crippen molar-refractivity contribution in [2.45, 2.75) is 32.1 Å². The van der Waals surface area contributed by atoms with Crippen molar-refractivity contribution in [3.8, 4) is 0 Å². The van der Waals surface area contributed by atoms with E-state index in [0.29, 0.717) is 6.54 Å². The number of nitrogens with one attached hydrogen (secondary N) is 1. The monoisotopic (exact) mass is 185 g/mol. The molecule has 1 rings (SSSR count). The summed E-state index contributed by atoms with van der Waals surface area (Å²) in [7, 11) is 0. The van der Waals surface area contributed by atoms with Crippen molar-refractivity contribution < 1.29 is 14.3 Å². The molecule has 3 atom stereocenters. The molecule has 0 amide bonds. The van der Waals surface area contributed by atoms with Crippen LogP contribution in [0.2, 0.25) is 0 Å². The Morgan fingerprint density at radius 3 is 2.54 bits per heavy atom. The van der Waals surface area contributed by atoms with Crippen LogP contribution in [0.4, 0.5) is 0 Å². The van der Waals surface area contributed by atoms with Crippen LogP contribution in [0.15, 0.2) is 0 Å². The van der Waals surface area contributed by atoms with Crippen molar-refractivity contribution in [2.24, 2.45) is 5.92 Å². The molecule has 0 spiro atoms. The summed E-state index contributed by atoms with van der Waals surface area (Å²) in [6, 6.07) is -0.281. The van der Waals surface area contributed by atoms with E-state index in [1.807, 2.05) is 13.8 Å². The Kier molecular flexibility index (Phi) is 3.57. The highest BCUT2D eigenvalue weighted by Crippen LogP contribution is 2.15. The first kappa shape index (κ1) is 10.3. The predicted octanol–water partition coefficient (Wildman–Crippen LogP) is -0.234. The van der Waals surface area contributed by atoms with Crippen LogP contribution < -0.4 is 5.32 Å². The molecule has 0 saturated carbocycles. The number of carbonyl (C=O) groups excluding carboxylic acids is 2. The summed E-state index contributed by atoms with van der Waals surface area (Å²) in [5.41, 5.74) is 0. The summed E-state index contributed by atoms with van der Waals surface area (Å²) >= 11 is 0. The second kappa shape index (κ2) is 4.48. The molecular formula is C9H15NO3. The highest BCUT2D eigenvalue weighted by molar-refractivity contribution is 5.61. The van der Waals surface area contributed by atoms with Gasteiger partial charge in [0.05, 0.1) is 12.1 Å². The van der Waals surface area contributed by atoms with Crippen molar-refractivity contribution in [2.75, 3.05) is 6.54 Å². The molecule has 4 heteroatoms. The smallest absolute Gasteiger partial charge is 0.150 e. The molecule has 0 radical (unpaired) electrons. The van der Waals surface area contributed by atoms with Crippen LogP contribution >= 0.6 is 0 Å². The number of hydrogen-bond donors (Lipinski definition) is 1. The fraction of sp³-hybridized carbons (Fsp3) is 0.778. The molecule has 0 aromatic heterocycles. The molecule has 1 heterocycles. The van der Waals surface area contributed by atoms with Gasteiger partial charge in [0.2, 0.25) is 0 Å². The Hall–Kier alpha value is -0.740. The van der Waals surface area contributed by atoms with Crippen LogP contribution in [0.1, 0.15) is 13.8 Å². The van der Waals surface area contributed by atoms with Gasteiger partial charge in [-0.2, -0.15) is 0 Å². The van der Waals surface area contributed by atoms with Gasteiger partial charge < -0.3 is 19.6 Å². The third-order valence-corrected chi connectivity index (χ3v) is 2.20. The average Bonchev–Trinajstić information content (AvgIpc) is 2.16. The summed E-state index contributed by atoms with van der Waals surface area (Å²) in [5, 5.41) is 2.98. The molecule has 1 N–H and O–H groups in total. The highest BCUT2D eigenvalue weighted by Gasteiger charge is 2.32.